The normalized spacial score (nSPS) is 10.1. The Kier molecular flexibility index (Phi) is 8.58. The number of amides is 1. The Hall–Kier alpha value is -1.06. The van der Waals surface area contributed by atoms with Gasteiger partial charge in [-0.15, -0.1) is 0 Å². The molecule has 4 heteroatoms. The first-order valence-corrected chi connectivity index (χ1v) is 6.03. The first kappa shape index (κ1) is 14.9. The van der Waals surface area contributed by atoms with Gasteiger partial charge in [0.15, 0.2) is 0 Å². The van der Waals surface area contributed by atoms with Crippen LogP contribution in [0.4, 0.5) is 0 Å². The number of aliphatic carboxylic acids is 1. The van der Waals surface area contributed by atoms with E-state index in [1.165, 1.54) is 12.8 Å². The zero-order chi connectivity index (χ0) is 12.4. The number of hydrogen-bond donors (Lipinski definition) is 1. The molecule has 0 aliphatic heterocycles. The Morgan fingerprint density at radius 1 is 1.06 bits per heavy atom. The molecule has 0 saturated carbocycles. The highest BCUT2D eigenvalue weighted by Gasteiger charge is 2.08. The Bertz CT molecular complexity index is 216. The van der Waals surface area contributed by atoms with Crippen LogP contribution in [0.25, 0.3) is 0 Å². The summed E-state index contributed by atoms with van der Waals surface area (Å²) >= 11 is 0. The van der Waals surface area contributed by atoms with Gasteiger partial charge in [-0.1, -0.05) is 26.2 Å². The fourth-order valence-electron chi connectivity index (χ4n) is 1.49. The topological polar surface area (TPSA) is 57.6 Å². The van der Waals surface area contributed by atoms with Crippen LogP contribution < -0.4 is 0 Å². The third-order valence-corrected chi connectivity index (χ3v) is 2.55. The van der Waals surface area contributed by atoms with Gasteiger partial charge in [-0.25, -0.2) is 0 Å². The molecule has 0 heterocycles. The van der Waals surface area contributed by atoms with Crippen molar-refractivity contribution in [1.82, 2.24) is 4.90 Å². The third-order valence-electron chi connectivity index (χ3n) is 2.55. The summed E-state index contributed by atoms with van der Waals surface area (Å²) in [6.45, 7) is 2.68. The molecule has 1 amide bonds. The first-order chi connectivity index (χ1) is 7.57. The Balaban J connectivity index is 3.53. The maximum Gasteiger partial charge on any atom is 0.303 e. The minimum atomic E-state index is -0.802. The number of unbranched alkanes of at least 4 members (excludes halogenated alkanes) is 3. The van der Waals surface area contributed by atoms with Crippen molar-refractivity contribution in [2.45, 2.75) is 51.9 Å². The predicted octanol–water partition coefficient (Wildman–Crippen LogP) is 2.28. The first-order valence-electron chi connectivity index (χ1n) is 6.03. The van der Waals surface area contributed by atoms with Gasteiger partial charge in [0.25, 0.3) is 0 Å². The van der Waals surface area contributed by atoms with Crippen LogP contribution in [0, 0.1) is 0 Å². The third kappa shape index (κ3) is 8.26. The number of nitrogens with zero attached hydrogens (tertiary/aromatic N) is 1. The highest BCUT2D eigenvalue weighted by molar-refractivity contribution is 5.75. The van der Waals surface area contributed by atoms with E-state index in [0.29, 0.717) is 19.4 Å². The monoisotopic (exact) mass is 229 g/mol. The van der Waals surface area contributed by atoms with Crippen LogP contribution in [0.15, 0.2) is 0 Å². The van der Waals surface area contributed by atoms with Crippen LogP contribution in [0.5, 0.6) is 0 Å². The van der Waals surface area contributed by atoms with Gasteiger partial charge >= 0.3 is 5.97 Å². The summed E-state index contributed by atoms with van der Waals surface area (Å²) in [5.74, 6) is -0.676. The lowest BCUT2D eigenvalue weighted by molar-refractivity contribution is -0.138. The van der Waals surface area contributed by atoms with Gasteiger partial charge in [0.05, 0.1) is 0 Å². The number of carboxylic acid groups (broad SMARTS) is 1. The smallest absolute Gasteiger partial charge is 0.303 e. The molecule has 0 aromatic rings. The van der Waals surface area contributed by atoms with E-state index in [1.807, 2.05) is 0 Å². The van der Waals surface area contributed by atoms with Crippen LogP contribution in [0.1, 0.15) is 51.9 Å². The minimum absolute atomic E-state index is 0.126. The lowest BCUT2D eigenvalue weighted by Crippen LogP contribution is -2.27. The number of hydrogen-bond acceptors (Lipinski definition) is 2. The molecule has 0 saturated heterocycles. The molecular formula is C12H23NO3. The molecule has 4 nitrogen and oxygen atoms in total. The van der Waals surface area contributed by atoms with Crippen LogP contribution in [0.3, 0.4) is 0 Å². The van der Waals surface area contributed by atoms with Crippen LogP contribution in [-0.2, 0) is 9.59 Å². The number of carbonyl (C=O) groups excluding carboxylic acids is 1. The highest BCUT2D eigenvalue weighted by Crippen LogP contribution is 2.05. The minimum Gasteiger partial charge on any atom is -0.481 e. The van der Waals surface area contributed by atoms with Crippen molar-refractivity contribution in [2.24, 2.45) is 0 Å². The van der Waals surface area contributed by atoms with Crippen molar-refractivity contribution in [2.75, 3.05) is 13.6 Å². The molecule has 0 bridgehead atoms. The van der Waals surface area contributed by atoms with E-state index < -0.39 is 5.97 Å². The van der Waals surface area contributed by atoms with E-state index in [2.05, 4.69) is 6.92 Å². The highest BCUT2D eigenvalue weighted by atomic mass is 16.4. The van der Waals surface area contributed by atoms with Crippen LogP contribution in [0.2, 0.25) is 0 Å². The van der Waals surface area contributed by atoms with Gasteiger partial charge in [0.1, 0.15) is 0 Å². The second-order valence-electron chi connectivity index (χ2n) is 4.12. The summed E-state index contributed by atoms with van der Waals surface area (Å²) < 4.78 is 0. The summed E-state index contributed by atoms with van der Waals surface area (Å²) in [5.41, 5.74) is 0. The van der Waals surface area contributed by atoms with Gasteiger partial charge in [-0.05, 0) is 12.8 Å². The van der Waals surface area contributed by atoms with E-state index in [0.717, 1.165) is 12.8 Å². The van der Waals surface area contributed by atoms with Gasteiger partial charge < -0.3 is 10.0 Å². The molecule has 0 atom stereocenters. The van der Waals surface area contributed by atoms with Gasteiger partial charge in [0, 0.05) is 26.4 Å². The second-order valence-corrected chi connectivity index (χ2v) is 4.12. The van der Waals surface area contributed by atoms with E-state index in [1.54, 1.807) is 11.9 Å². The number of rotatable bonds is 9. The van der Waals surface area contributed by atoms with Crippen molar-refractivity contribution in [1.29, 1.82) is 0 Å². The molecule has 0 aliphatic rings. The summed E-state index contributed by atoms with van der Waals surface area (Å²) in [6, 6.07) is 0. The average molecular weight is 229 g/mol. The largest absolute Gasteiger partial charge is 0.481 e. The maximum absolute atomic E-state index is 11.6. The van der Waals surface area contributed by atoms with Crippen molar-refractivity contribution < 1.29 is 14.7 Å². The Morgan fingerprint density at radius 3 is 2.31 bits per heavy atom. The van der Waals surface area contributed by atoms with Crippen LogP contribution >= 0.6 is 0 Å². The van der Waals surface area contributed by atoms with Crippen molar-refractivity contribution in [3.8, 4) is 0 Å². The Labute approximate surface area is 97.6 Å². The molecule has 0 fully saturated rings. The van der Waals surface area contributed by atoms with E-state index in [-0.39, 0.29) is 12.3 Å². The van der Waals surface area contributed by atoms with E-state index in [9.17, 15) is 9.59 Å². The summed E-state index contributed by atoms with van der Waals surface area (Å²) in [4.78, 5) is 23.5. The summed E-state index contributed by atoms with van der Waals surface area (Å²) in [7, 11) is 1.74. The standard InChI is InChI=1S/C12H23NO3/c1-3-4-5-6-8-11(14)13(2)10-7-9-12(15)16/h3-10H2,1-2H3,(H,15,16). The van der Waals surface area contributed by atoms with E-state index in [4.69, 9.17) is 5.11 Å². The fraction of sp³-hybridized carbons (Fsp3) is 0.833. The van der Waals surface area contributed by atoms with Crippen molar-refractivity contribution in [3.05, 3.63) is 0 Å². The van der Waals surface area contributed by atoms with Gasteiger partial charge in [-0.2, -0.15) is 0 Å². The molecule has 0 rings (SSSR count). The molecule has 16 heavy (non-hydrogen) atoms. The van der Waals surface area contributed by atoms with Gasteiger partial charge in [-0.3, -0.25) is 9.59 Å². The SMILES string of the molecule is CCCCCCC(=O)N(C)CCCC(=O)O. The zero-order valence-corrected chi connectivity index (χ0v) is 10.4. The molecule has 0 aliphatic carbocycles. The molecule has 0 aromatic heterocycles. The predicted molar refractivity (Wildman–Crippen MR) is 63.3 cm³/mol. The average Bonchev–Trinajstić information content (AvgIpc) is 2.23. The summed E-state index contributed by atoms with van der Waals surface area (Å²) in [6.07, 6.45) is 5.64. The zero-order valence-electron chi connectivity index (χ0n) is 10.4. The van der Waals surface area contributed by atoms with Crippen molar-refractivity contribution in [3.63, 3.8) is 0 Å². The molecular weight excluding hydrogens is 206 g/mol. The van der Waals surface area contributed by atoms with Crippen LogP contribution in [-0.4, -0.2) is 35.5 Å². The second kappa shape index (κ2) is 9.19. The molecule has 0 aromatic carbocycles. The van der Waals surface area contributed by atoms with Gasteiger partial charge in [0.2, 0.25) is 5.91 Å². The molecule has 1 N–H and O–H groups in total. The fourth-order valence-corrected chi connectivity index (χ4v) is 1.49. The molecule has 94 valence electrons. The number of carbonyl (C=O) groups is 2. The lowest BCUT2D eigenvalue weighted by atomic mass is 10.1. The van der Waals surface area contributed by atoms with E-state index >= 15 is 0 Å². The van der Waals surface area contributed by atoms with Crippen molar-refractivity contribution >= 4 is 11.9 Å². The molecule has 0 radical (unpaired) electrons. The molecule has 0 spiro atoms. The molecule has 0 unspecified atom stereocenters. The quantitative estimate of drug-likeness (QED) is 0.617. The summed E-state index contributed by atoms with van der Waals surface area (Å²) in [5, 5.41) is 8.46. The number of carboxylic acids is 1. The maximum atomic E-state index is 11.6. The lowest BCUT2D eigenvalue weighted by Gasteiger charge is -2.16. The Morgan fingerprint density at radius 2 is 1.75 bits per heavy atom.